The molecule has 0 saturated heterocycles. The molecule has 0 bridgehead atoms. The first-order valence-electron chi connectivity index (χ1n) is 7.36. The molecule has 0 saturated carbocycles. The first-order valence-corrected chi connectivity index (χ1v) is 8.24. The van der Waals surface area contributed by atoms with Crippen LogP contribution in [-0.4, -0.2) is 22.1 Å². The summed E-state index contributed by atoms with van der Waals surface area (Å²) in [6.45, 7) is 0. The predicted molar refractivity (Wildman–Crippen MR) is 97.0 cm³/mol. The molecule has 0 aliphatic rings. The number of hydrogen-bond donors (Lipinski definition) is 1. The minimum atomic E-state index is 0.657. The fourth-order valence-electron chi connectivity index (χ4n) is 2.57. The van der Waals surface area contributed by atoms with Crippen molar-refractivity contribution >= 4 is 27.2 Å². The highest BCUT2D eigenvalue weighted by Crippen LogP contribution is 2.36. The first kappa shape index (κ1) is 14.6. The lowest BCUT2D eigenvalue weighted by Crippen LogP contribution is -1.95. The van der Waals surface area contributed by atoms with Crippen LogP contribution in [0.25, 0.3) is 32.9 Å². The lowest BCUT2D eigenvalue weighted by atomic mass is 10.1. The third kappa shape index (κ3) is 2.47. The lowest BCUT2D eigenvalue weighted by molar-refractivity contribution is 0.415. The number of pyridine rings is 1. The molecule has 2 N–H and O–H groups in total. The summed E-state index contributed by atoms with van der Waals surface area (Å²) in [5.74, 6) is 1.43. The Hall–Kier alpha value is -2.99. The van der Waals surface area contributed by atoms with Gasteiger partial charge in [-0.1, -0.05) is 12.1 Å². The van der Waals surface area contributed by atoms with Crippen molar-refractivity contribution in [2.75, 3.05) is 12.8 Å². The van der Waals surface area contributed by atoms with Crippen LogP contribution in [0.15, 0.2) is 54.2 Å². The van der Waals surface area contributed by atoms with Gasteiger partial charge in [-0.15, -0.1) is 11.3 Å². The smallest absolute Gasteiger partial charge is 0.161 e. The standard InChI is InChI=1S/C18H14N4OS/c1-23-13-4-2-3-12(9-13)16-15-14(19)10-24-18(15)22-17(21-16)11-5-7-20-8-6-11/h2-10H,19H2,1H3. The van der Waals surface area contributed by atoms with Gasteiger partial charge in [-0.25, -0.2) is 9.97 Å². The van der Waals surface area contributed by atoms with Crippen molar-refractivity contribution in [3.05, 3.63) is 54.2 Å². The van der Waals surface area contributed by atoms with Crippen LogP contribution in [0.2, 0.25) is 0 Å². The van der Waals surface area contributed by atoms with E-state index in [1.54, 1.807) is 19.5 Å². The zero-order chi connectivity index (χ0) is 16.5. The molecule has 0 unspecified atom stereocenters. The lowest BCUT2D eigenvalue weighted by Gasteiger charge is -2.09. The Morgan fingerprint density at radius 1 is 1.04 bits per heavy atom. The molecule has 0 aliphatic carbocycles. The number of fused-ring (bicyclic) bond motifs is 1. The van der Waals surface area contributed by atoms with Crippen LogP contribution in [0.5, 0.6) is 5.75 Å². The van der Waals surface area contributed by atoms with E-state index >= 15 is 0 Å². The Morgan fingerprint density at radius 2 is 1.88 bits per heavy atom. The molecule has 4 rings (SSSR count). The average Bonchev–Trinajstić information content (AvgIpc) is 3.03. The highest BCUT2D eigenvalue weighted by molar-refractivity contribution is 7.17. The molecule has 24 heavy (non-hydrogen) atoms. The van der Waals surface area contributed by atoms with Gasteiger partial charge in [0.25, 0.3) is 0 Å². The Bertz CT molecular complexity index is 1010. The summed E-state index contributed by atoms with van der Waals surface area (Å²) in [6.07, 6.45) is 3.47. The maximum atomic E-state index is 6.16. The second kappa shape index (κ2) is 5.90. The summed E-state index contributed by atoms with van der Waals surface area (Å²) in [4.78, 5) is 14.4. The summed E-state index contributed by atoms with van der Waals surface area (Å²) in [6, 6.07) is 11.6. The van der Waals surface area contributed by atoms with Gasteiger partial charge in [0.05, 0.1) is 23.9 Å². The van der Waals surface area contributed by atoms with E-state index in [1.807, 2.05) is 41.8 Å². The van der Waals surface area contributed by atoms with Crippen LogP contribution in [0, 0.1) is 0 Å². The topological polar surface area (TPSA) is 73.9 Å². The summed E-state index contributed by atoms with van der Waals surface area (Å²) in [5.41, 5.74) is 9.53. The molecule has 0 atom stereocenters. The normalized spacial score (nSPS) is 10.9. The number of nitrogens with two attached hydrogens (primary N) is 1. The van der Waals surface area contributed by atoms with Crippen molar-refractivity contribution in [1.29, 1.82) is 0 Å². The third-order valence-electron chi connectivity index (χ3n) is 3.74. The monoisotopic (exact) mass is 334 g/mol. The summed E-state index contributed by atoms with van der Waals surface area (Å²) in [5, 5.41) is 2.78. The van der Waals surface area contributed by atoms with Gasteiger partial charge in [-0.05, 0) is 24.3 Å². The zero-order valence-corrected chi connectivity index (χ0v) is 13.7. The Kier molecular flexibility index (Phi) is 3.59. The molecular weight excluding hydrogens is 320 g/mol. The van der Waals surface area contributed by atoms with Gasteiger partial charge in [-0.2, -0.15) is 0 Å². The molecule has 3 heterocycles. The number of benzene rings is 1. The van der Waals surface area contributed by atoms with Crippen molar-refractivity contribution in [1.82, 2.24) is 15.0 Å². The van der Waals surface area contributed by atoms with E-state index in [0.717, 1.165) is 32.8 Å². The number of rotatable bonds is 3. The Morgan fingerprint density at radius 3 is 2.67 bits per heavy atom. The molecule has 1 aromatic carbocycles. The van der Waals surface area contributed by atoms with Crippen molar-refractivity contribution < 1.29 is 4.74 Å². The highest BCUT2D eigenvalue weighted by Gasteiger charge is 2.15. The molecular formula is C18H14N4OS. The van der Waals surface area contributed by atoms with E-state index in [2.05, 4.69) is 9.97 Å². The van der Waals surface area contributed by atoms with Crippen molar-refractivity contribution in [3.63, 3.8) is 0 Å². The van der Waals surface area contributed by atoms with Gasteiger partial charge in [0.15, 0.2) is 5.82 Å². The van der Waals surface area contributed by atoms with Gasteiger partial charge in [0.2, 0.25) is 0 Å². The quantitative estimate of drug-likeness (QED) is 0.613. The van der Waals surface area contributed by atoms with E-state index in [-0.39, 0.29) is 0 Å². The van der Waals surface area contributed by atoms with E-state index in [4.69, 9.17) is 15.5 Å². The van der Waals surface area contributed by atoms with Crippen molar-refractivity contribution in [2.45, 2.75) is 0 Å². The van der Waals surface area contributed by atoms with Gasteiger partial charge < -0.3 is 10.5 Å². The Labute approximate surface area is 142 Å². The number of methoxy groups -OCH3 is 1. The van der Waals surface area contributed by atoms with Crippen LogP contribution < -0.4 is 10.5 Å². The van der Waals surface area contributed by atoms with Gasteiger partial charge >= 0.3 is 0 Å². The molecule has 0 spiro atoms. The second-order valence-corrected chi connectivity index (χ2v) is 6.09. The van der Waals surface area contributed by atoms with Crippen LogP contribution in [0.3, 0.4) is 0 Å². The SMILES string of the molecule is COc1cccc(-c2nc(-c3ccncc3)nc3scc(N)c23)c1. The maximum absolute atomic E-state index is 6.16. The number of aromatic nitrogens is 3. The van der Waals surface area contributed by atoms with Crippen molar-refractivity contribution in [3.8, 4) is 28.4 Å². The average molecular weight is 334 g/mol. The molecule has 118 valence electrons. The van der Waals surface area contributed by atoms with E-state index in [0.29, 0.717) is 11.5 Å². The van der Waals surface area contributed by atoms with Crippen LogP contribution in [0.1, 0.15) is 0 Å². The number of nitrogens with zero attached hydrogens (tertiary/aromatic N) is 3. The molecule has 6 heteroatoms. The Balaban J connectivity index is 2.00. The van der Waals surface area contributed by atoms with Crippen LogP contribution in [-0.2, 0) is 0 Å². The van der Waals surface area contributed by atoms with Crippen LogP contribution >= 0.6 is 11.3 Å². The fraction of sp³-hybridized carbons (Fsp3) is 0.0556. The van der Waals surface area contributed by atoms with E-state index < -0.39 is 0 Å². The van der Waals surface area contributed by atoms with Crippen molar-refractivity contribution in [2.24, 2.45) is 0 Å². The number of thiophene rings is 1. The molecule has 0 fully saturated rings. The number of anilines is 1. The minimum absolute atomic E-state index is 0.657. The minimum Gasteiger partial charge on any atom is -0.497 e. The largest absolute Gasteiger partial charge is 0.497 e. The second-order valence-electron chi connectivity index (χ2n) is 5.23. The molecule has 3 aromatic heterocycles. The molecule has 4 aromatic rings. The molecule has 0 aliphatic heterocycles. The number of nitrogen functional groups attached to an aromatic ring is 1. The molecule has 5 nitrogen and oxygen atoms in total. The zero-order valence-electron chi connectivity index (χ0n) is 12.9. The highest BCUT2D eigenvalue weighted by atomic mass is 32.1. The summed E-state index contributed by atoms with van der Waals surface area (Å²) < 4.78 is 5.33. The van der Waals surface area contributed by atoms with E-state index in [9.17, 15) is 0 Å². The molecule has 0 radical (unpaired) electrons. The number of ether oxygens (including phenoxy) is 1. The first-order chi connectivity index (χ1) is 11.8. The summed E-state index contributed by atoms with van der Waals surface area (Å²) in [7, 11) is 1.65. The third-order valence-corrected chi connectivity index (χ3v) is 4.63. The van der Waals surface area contributed by atoms with Gasteiger partial charge in [-0.3, -0.25) is 4.98 Å². The predicted octanol–water partition coefficient (Wildman–Crippen LogP) is 4.01. The number of hydrogen-bond acceptors (Lipinski definition) is 6. The molecule has 0 amide bonds. The van der Waals surface area contributed by atoms with Gasteiger partial charge in [0, 0.05) is 28.9 Å². The fourth-order valence-corrected chi connectivity index (χ4v) is 3.40. The van der Waals surface area contributed by atoms with Gasteiger partial charge in [0.1, 0.15) is 10.6 Å². The maximum Gasteiger partial charge on any atom is 0.161 e. The van der Waals surface area contributed by atoms with E-state index in [1.165, 1.54) is 11.3 Å². The summed E-state index contributed by atoms with van der Waals surface area (Å²) >= 11 is 1.52. The van der Waals surface area contributed by atoms with Crippen LogP contribution in [0.4, 0.5) is 5.69 Å².